The Labute approximate surface area is 164 Å². The average molecular weight is 403 g/mol. The molecule has 10 heteroatoms. The van der Waals surface area contributed by atoms with Gasteiger partial charge in [-0.1, -0.05) is 23.7 Å². The van der Waals surface area contributed by atoms with Gasteiger partial charge in [0.05, 0.1) is 23.7 Å². The van der Waals surface area contributed by atoms with Crippen LogP contribution in [0.5, 0.6) is 0 Å². The average Bonchev–Trinajstić information content (AvgIpc) is 3.00. The van der Waals surface area contributed by atoms with Gasteiger partial charge in [0.1, 0.15) is 5.82 Å². The molecule has 9 nitrogen and oxygen atoms in total. The van der Waals surface area contributed by atoms with Crippen molar-refractivity contribution in [2.45, 2.75) is 6.54 Å². The normalized spacial score (nSPS) is 13.2. The van der Waals surface area contributed by atoms with E-state index in [9.17, 15) is 19.2 Å². The van der Waals surface area contributed by atoms with Crippen LogP contribution in [0.15, 0.2) is 42.6 Å². The Morgan fingerprint density at radius 1 is 1.25 bits per heavy atom. The van der Waals surface area contributed by atoms with E-state index in [1.807, 2.05) is 0 Å². The van der Waals surface area contributed by atoms with E-state index in [2.05, 4.69) is 15.6 Å². The number of hydrogen-bond donors (Lipinski definition) is 2. The molecule has 1 saturated heterocycles. The first-order valence-corrected chi connectivity index (χ1v) is 8.56. The number of carbonyl (C=O) groups excluding carboxylic acids is 4. The molecule has 28 heavy (non-hydrogen) atoms. The summed E-state index contributed by atoms with van der Waals surface area (Å²) in [4.78, 5) is 52.2. The molecular weight excluding hydrogens is 388 g/mol. The highest BCUT2D eigenvalue weighted by Gasteiger charge is 2.28. The van der Waals surface area contributed by atoms with Crippen LogP contribution in [0.3, 0.4) is 0 Å². The number of rotatable bonds is 6. The third-order valence-corrected chi connectivity index (χ3v) is 3.99. The maximum atomic E-state index is 12.2. The lowest BCUT2D eigenvalue weighted by atomic mass is 10.1. The largest absolute Gasteiger partial charge is 0.452 e. The van der Waals surface area contributed by atoms with E-state index >= 15 is 0 Å². The second-order valence-electron chi connectivity index (χ2n) is 5.82. The van der Waals surface area contributed by atoms with Crippen LogP contribution in [-0.4, -0.2) is 46.9 Å². The van der Waals surface area contributed by atoms with Crippen molar-refractivity contribution in [2.75, 3.05) is 18.5 Å². The third kappa shape index (κ3) is 4.83. The van der Waals surface area contributed by atoms with Gasteiger partial charge in [0, 0.05) is 6.20 Å². The summed E-state index contributed by atoms with van der Waals surface area (Å²) in [5.41, 5.74) is 0.775. The first-order valence-electron chi connectivity index (χ1n) is 8.18. The van der Waals surface area contributed by atoms with Crippen LogP contribution in [0.2, 0.25) is 5.02 Å². The number of urea groups is 1. The molecule has 1 aromatic heterocycles. The molecule has 0 aliphatic carbocycles. The van der Waals surface area contributed by atoms with Gasteiger partial charge in [-0.15, -0.1) is 0 Å². The topological polar surface area (TPSA) is 118 Å². The van der Waals surface area contributed by atoms with Gasteiger partial charge in [-0.2, -0.15) is 0 Å². The molecule has 1 fully saturated rings. The van der Waals surface area contributed by atoms with Gasteiger partial charge in [-0.3, -0.25) is 14.5 Å². The van der Waals surface area contributed by atoms with Crippen LogP contribution in [-0.2, 0) is 20.9 Å². The van der Waals surface area contributed by atoms with Crippen LogP contribution in [0.1, 0.15) is 15.9 Å². The van der Waals surface area contributed by atoms with Crippen LogP contribution < -0.4 is 10.6 Å². The van der Waals surface area contributed by atoms with Crippen LogP contribution >= 0.6 is 11.6 Å². The van der Waals surface area contributed by atoms with Crippen LogP contribution in [0, 0.1) is 0 Å². The molecule has 3 rings (SSSR count). The Kier molecular flexibility index (Phi) is 5.85. The monoisotopic (exact) mass is 402 g/mol. The van der Waals surface area contributed by atoms with Gasteiger partial charge in [-0.25, -0.2) is 14.6 Å². The summed E-state index contributed by atoms with van der Waals surface area (Å²) in [5.74, 6) is -1.33. The van der Waals surface area contributed by atoms with E-state index < -0.39 is 24.5 Å². The summed E-state index contributed by atoms with van der Waals surface area (Å²) < 4.78 is 4.99. The summed E-state index contributed by atoms with van der Waals surface area (Å²) in [7, 11) is 0. The van der Waals surface area contributed by atoms with Crippen molar-refractivity contribution >= 4 is 41.2 Å². The number of halogens is 1. The van der Waals surface area contributed by atoms with Crippen molar-refractivity contribution in [1.29, 1.82) is 0 Å². The summed E-state index contributed by atoms with van der Waals surface area (Å²) in [5, 5.41) is 5.32. The molecule has 2 N–H and O–H groups in total. The SMILES string of the molecule is O=C(COC(=O)c1cccc(CN2C(=O)CNC2=O)c1)Nc1ccc(Cl)cn1. The van der Waals surface area contributed by atoms with Gasteiger partial charge >= 0.3 is 12.0 Å². The van der Waals surface area contributed by atoms with Gasteiger partial charge in [0.15, 0.2) is 6.61 Å². The number of carbonyl (C=O) groups is 4. The summed E-state index contributed by atoms with van der Waals surface area (Å²) in [6.45, 7) is -0.507. The zero-order chi connectivity index (χ0) is 20.1. The van der Waals surface area contributed by atoms with E-state index in [1.54, 1.807) is 18.2 Å². The number of hydrogen-bond acceptors (Lipinski definition) is 6. The highest BCUT2D eigenvalue weighted by atomic mass is 35.5. The molecule has 144 valence electrons. The molecule has 0 unspecified atom stereocenters. The minimum atomic E-state index is -0.710. The van der Waals surface area contributed by atoms with Crippen molar-refractivity contribution in [2.24, 2.45) is 0 Å². The summed E-state index contributed by atoms with van der Waals surface area (Å²) >= 11 is 5.71. The van der Waals surface area contributed by atoms with Crippen LogP contribution in [0.25, 0.3) is 0 Å². The smallest absolute Gasteiger partial charge is 0.338 e. The second kappa shape index (κ2) is 8.49. The number of nitrogens with one attached hydrogen (secondary N) is 2. The third-order valence-electron chi connectivity index (χ3n) is 3.77. The van der Waals surface area contributed by atoms with Crippen molar-refractivity contribution in [3.8, 4) is 0 Å². The lowest BCUT2D eigenvalue weighted by Crippen LogP contribution is -2.30. The number of benzene rings is 1. The fourth-order valence-electron chi connectivity index (χ4n) is 2.44. The highest BCUT2D eigenvalue weighted by molar-refractivity contribution is 6.30. The maximum absolute atomic E-state index is 12.2. The molecular formula is C18H15ClN4O5. The van der Waals surface area contributed by atoms with E-state index in [-0.39, 0.29) is 30.4 Å². The van der Waals surface area contributed by atoms with Gasteiger partial charge in [-0.05, 0) is 29.8 Å². The quantitative estimate of drug-likeness (QED) is 0.559. The Morgan fingerprint density at radius 3 is 2.75 bits per heavy atom. The van der Waals surface area contributed by atoms with Gasteiger partial charge in [0.25, 0.3) is 5.91 Å². The molecule has 4 amide bonds. The number of imide groups is 1. The number of esters is 1. The molecule has 0 radical (unpaired) electrons. The Morgan fingerprint density at radius 2 is 2.07 bits per heavy atom. The standard InChI is InChI=1S/C18H15ClN4O5/c19-13-4-5-14(20-7-13)22-15(24)10-28-17(26)12-3-1-2-11(6-12)9-23-16(25)8-21-18(23)27/h1-7H,8-10H2,(H,21,27)(H,20,22,24). The summed E-state index contributed by atoms with van der Waals surface area (Å²) in [6.07, 6.45) is 1.38. The zero-order valence-electron chi connectivity index (χ0n) is 14.5. The predicted octanol–water partition coefficient (Wildman–Crippen LogP) is 1.58. The number of ether oxygens (including phenoxy) is 1. The first kappa shape index (κ1) is 19.3. The Hall–Kier alpha value is -3.46. The molecule has 0 atom stereocenters. The number of nitrogens with zero attached hydrogens (tertiary/aromatic N) is 2. The molecule has 1 aliphatic rings. The molecule has 1 aliphatic heterocycles. The number of aromatic nitrogens is 1. The first-order chi connectivity index (χ1) is 13.4. The predicted molar refractivity (Wildman–Crippen MR) is 98.5 cm³/mol. The molecule has 1 aromatic carbocycles. The van der Waals surface area contributed by atoms with Gasteiger partial charge in [0.2, 0.25) is 5.91 Å². The lowest BCUT2D eigenvalue weighted by Gasteiger charge is -2.13. The highest BCUT2D eigenvalue weighted by Crippen LogP contribution is 2.12. The summed E-state index contributed by atoms with van der Waals surface area (Å²) in [6, 6.07) is 8.88. The van der Waals surface area contributed by atoms with Crippen molar-refractivity contribution < 1.29 is 23.9 Å². The van der Waals surface area contributed by atoms with E-state index in [0.717, 1.165) is 4.90 Å². The minimum Gasteiger partial charge on any atom is -0.452 e. The second-order valence-corrected chi connectivity index (χ2v) is 6.26. The molecule has 0 bridgehead atoms. The van der Waals surface area contributed by atoms with Crippen molar-refractivity contribution in [1.82, 2.24) is 15.2 Å². The molecule has 0 saturated carbocycles. The maximum Gasteiger partial charge on any atom is 0.338 e. The van der Waals surface area contributed by atoms with E-state index in [4.69, 9.17) is 16.3 Å². The Bertz CT molecular complexity index is 916. The number of amides is 4. The van der Waals surface area contributed by atoms with Crippen molar-refractivity contribution in [3.63, 3.8) is 0 Å². The van der Waals surface area contributed by atoms with Crippen molar-refractivity contribution in [3.05, 3.63) is 58.7 Å². The molecule has 2 heterocycles. The fourth-order valence-corrected chi connectivity index (χ4v) is 2.55. The zero-order valence-corrected chi connectivity index (χ0v) is 15.2. The Balaban J connectivity index is 1.55. The number of anilines is 1. The number of pyridine rings is 1. The fraction of sp³-hybridized carbons (Fsp3) is 0.167. The molecule has 2 aromatic rings. The van der Waals surface area contributed by atoms with Gasteiger partial charge < -0.3 is 15.4 Å². The van der Waals surface area contributed by atoms with E-state index in [1.165, 1.54) is 24.4 Å². The van der Waals surface area contributed by atoms with E-state index in [0.29, 0.717) is 10.6 Å². The molecule has 0 spiro atoms. The minimum absolute atomic E-state index is 0.0362. The van der Waals surface area contributed by atoms with Crippen LogP contribution in [0.4, 0.5) is 10.6 Å². The lowest BCUT2D eigenvalue weighted by molar-refractivity contribution is -0.125.